The zero-order valence-electron chi connectivity index (χ0n) is 16.9. The van der Waals surface area contributed by atoms with E-state index >= 15 is 0 Å². The minimum atomic E-state index is -3.43. The SMILES string of the molecule is CS(=O)(=O)Nc1ccc2sc(C(=O)Nc3cc(Cl)cc(Oc4cc(F)ccc4F)c3)cc2c1. The van der Waals surface area contributed by atoms with Gasteiger partial charge in [-0.3, -0.25) is 9.52 Å². The topological polar surface area (TPSA) is 84.5 Å². The lowest BCUT2D eigenvalue weighted by Crippen LogP contribution is -2.10. The molecule has 1 aromatic heterocycles. The normalized spacial score (nSPS) is 11.4. The van der Waals surface area contributed by atoms with Gasteiger partial charge in [-0.15, -0.1) is 11.3 Å². The zero-order valence-corrected chi connectivity index (χ0v) is 19.2. The maximum Gasteiger partial charge on any atom is 0.265 e. The van der Waals surface area contributed by atoms with Gasteiger partial charge in [0.1, 0.15) is 11.6 Å². The maximum absolute atomic E-state index is 13.9. The van der Waals surface area contributed by atoms with Crippen molar-refractivity contribution in [3.63, 3.8) is 0 Å². The lowest BCUT2D eigenvalue weighted by molar-refractivity contribution is 0.103. The molecule has 0 aliphatic heterocycles. The summed E-state index contributed by atoms with van der Waals surface area (Å²) in [5.74, 6) is -2.06. The number of ether oxygens (including phenoxy) is 1. The Morgan fingerprint density at radius 1 is 1.00 bits per heavy atom. The van der Waals surface area contributed by atoms with Gasteiger partial charge in [0, 0.05) is 33.2 Å². The number of amides is 1. The van der Waals surface area contributed by atoms with Gasteiger partial charge in [-0.1, -0.05) is 11.6 Å². The molecule has 0 aliphatic rings. The second kappa shape index (κ2) is 8.97. The molecule has 170 valence electrons. The van der Waals surface area contributed by atoms with Crippen molar-refractivity contribution in [3.05, 3.63) is 82.2 Å². The van der Waals surface area contributed by atoms with Crippen LogP contribution in [-0.2, 0) is 10.0 Å². The minimum absolute atomic E-state index is 0.107. The number of thiophene rings is 1. The minimum Gasteiger partial charge on any atom is -0.454 e. The molecule has 0 spiro atoms. The van der Waals surface area contributed by atoms with Crippen molar-refractivity contribution in [3.8, 4) is 11.5 Å². The molecule has 0 unspecified atom stereocenters. The summed E-state index contributed by atoms with van der Waals surface area (Å²) in [4.78, 5) is 13.1. The summed E-state index contributed by atoms with van der Waals surface area (Å²) in [6, 6.07) is 13.7. The van der Waals surface area contributed by atoms with Crippen LogP contribution < -0.4 is 14.8 Å². The van der Waals surface area contributed by atoms with E-state index in [2.05, 4.69) is 10.0 Å². The standard InChI is InChI=1S/C22H15ClF2N2O4S2/c1-33(29,30)27-15-3-5-20-12(6-15)7-21(32-20)22(28)26-16-8-13(23)9-17(11-16)31-19-10-14(24)2-4-18(19)25/h2-11,27H,1H3,(H,26,28). The predicted molar refractivity (Wildman–Crippen MR) is 126 cm³/mol. The molecule has 0 atom stereocenters. The summed E-state index contributed by atoms with van der Waals surface area (Å²) >= 11 is 7.32. The first-order valence-electron chi connectivity index (χ1n) is 9.32. The highest BCUT2D eigenvalue weighted by molar-refractivity contribution is 7.92. The van der Waals surface area contributed by atoms with Crippen molar-refractivity contribution in [2.75, 3.05) is 16.3 Å². The van der Waals surface area contributed by atoms with Gasteiger partial charge in [0.15, 0.2) is 11.6 Å². The molecule has 4 aromatic rings. The first-order valence-corrected chi connectivity index (χ1v) is 12.4. The maximum atomic E-state index is 13.9. The lowest BCUT2D eigenvalue weighted by atomic mass is 10.2. The van der Waals surface area contributed by atoms with Crippen LogP contribution in [0.5, 0.6) is 11.5 Å². The number of hydrogen-bond acceptors (Lipinski definition) is 5. The molecule has 0 saturated heterocycles. The molecule has 0 fully saturated rings. The van der Waals surface area contributed by atoms with Crippen LogP contribution in [0.25, 0.3) is 10.1 Å². The molecule has 0 bridgehead atoms. The average Bonchev–Trinajstić information content (AvgIpc) is 3.13. The molecule has 3 aromatic carbocycles. The Morgan fingerprint density at radius 2 is 1.79 bits per heavy atom. The van der Waals surface area contributed by atoms with Crippen molar-refractivity contribution in [2.45, 2.75) is 0 Å². The first kappa shape index (κ1) is 23.0. The molecular weight excluding hydrogens is 494 g/mol. The molecule has 0 saturated carbocycles. The van der Waals surface area contributed by atoms with Crippen molar-refractivity contribution >= 4 is 60.3 Å². The van der Waals surface area contributed by atoms with Crippen molar-refractivity contribution in [1.29, 1.82) is 0 Å². The summed E-state index contributed by atoms with van der Waals surface area (Å²) in [6.07, 6.45) is 1.05. The zero-order chi connectivity index (χ0) is 23.8. The fourth-order valence-electron chi connectivity index (χ4n) is 3.00. The number of halogens is 3. The van der Waals surface area contributed by atoms with E-state index in [0.717, 1.165) is 29.2 Å². The highest BCUT2D eigenvalue weighted by Crippen LogP contribution is 2.32. The number of sulfonamides is 1. The third-order valence-electron chi connectivity index (χ3n) is 4.29. The van der Waals surface area contributed by atoms with Crippen LogP contribution in [-0.4, -0.2) is 20.6 Å². The highest BCUT2D eigenvalue weighted by Gasteiger charge is 2.14. The second-order valence-electron chi connectivity index (χ2n) is 7.04. The Hall–Kier alpha value is -3.21. The molecule has 6 nitrogen and oxygen atoms in total. The van der Waals surface area contributed by atoms with Crippen molar-refractivity contribution in [2.24, 2.45) is 0 Å². The first-order chi connectivity index (χ1) is 15.6. The number of benzene rings is 3. The van der Waals surface area contributed by atoms with E-state index in [1.807, 2.05) is 0 Å². The Kier molecular flexibility index (Phi) is 6.24. The van der Waals surface area contributed by atoms with Gasteiger partial charge in [-0.2, -0.15) is 0 Å². The molecule has 2 N–H and O–H groups in total. The van der Waals surface area contributed by atoms with Crippen LogP contribution in [0, 0.1) is 11.6 Å². The Balaban J connectivity index is 1.55. The van der Waals surface area contributed by atoms with Crippen LogP contribution in [0.3, 0.4) is 0 Å². The van der Waals surface area contributed by atoms with Gasteiger partial charge in [0.05, 0.1) is 11.1 Å². The summed E-state index contributed by atoms with van der Waals surface area (Å²) < 4.78 is 58.7. The Morgan fingerprint density at radius 3 is 2.55 bits per heavy atom. The van der Waals surface area contributed by atoms with Crippen LogP contribution in [0.4, 0.5) is 20.2 Å². The number of rotatable bonds is 6. The Bertz CT molecular complexity index is 1490. The van der Waals surface area contributed by atoms with E-state index in [1.54, 1.807) is 24.3 Å². The molecule has 1 amide bonds. The van der Waals surface area contributed by atoms with E-state index in [4.69, 9.17) is 16.3 Å². The quantitative estimate of drug-likeness (QED) is 0.322. The van der Waals surface area contributed by atoms with Gasteiger partial charge >= 0.3 is 0 Å². The van der Waals surface area contributed by atoms with Gasteiger partial charge in [-0.05, 0) is 53.9 Å². The summed E-state index contributed by atoms with van der Waals surface area (Å²) in [7, 11) is -3.43. The fraction of sp³-hybridized carbons (Fsp3) is 0.0455. The smallest absolute Gasteiger partial charge is 0.265 e. The molecule has 0 radical (unpaired) electrons. The molecular formula is C22H15ClF2N2O4S2. The van der Waals surface area contributed by atoms with Crippen LogP contribution in [0.1, 0.15) is 9.67 Å². The van der Waals surface area contributed by atoms with Crippen LogP contribution in [0.15, 0.2) is 60.7 Å². The fourth-order valence-corrected chi connectivity index (χ4v) is 4.72. The molecule has 4 rings (SSSR count). The summed E-state index contributed by atoms with van der Waals surface area (Å²) in [5.41, 5.74) is 0.673. The molecule has 33 heavy (non-hydrogen) atoms. The Labute approximate surface area is 196 Å². The molecule has 11 heteroatoms. The van der Waals surface area contributed by atoms with Gasteiger partial charge in [0.25, 0.3) is 5.91 Å². The number of anilines is 2. The van der Waals surface area contributed by atoms with E-state index in [0.29, 0.717) is 16.0 Å². The number of carbonyl (C=O) groups excluding carboxylic acids is 1. The monoisotopic (exact) mass is 508 g/mol. The van der Waals surface area contributed by atoms with Crippen molar-refractivity contribution < 1.29 is 26.7 Å². The van der Waals surface area contributed by atoms with Crippen LogP contribution in [0.2, 0.25) is 5.02 Å². The summed E-state index contributed by atoms with van der Waals surface area (Å²) in [6.45, 7) is 0. The third kappa shape index (κ3) is 5.78. The summed E-state index contributed by atoms with van der Waals surface area (Å²) in [5, 5.41) is 3.60. The van der Waals surface area contributed by atoms with Gasteiger partial charge in [0.2, 0.25) is 10.0 Å². The van der Waals surface area contributed by atoms with Gasteiger partial charge in [-0.25, -0.2) is 17.2 Å². The molecule has 0 aliphatic carbocycles. The predicted octanol–water partition coefficient (Wildman–Crippen LogP) is 6.25. The van der Waals surface area contributed by atoms with E-state index < -0.39 is 27.6 Å². The van der Waals surface area contributed by atoms with E-state index in [1.165, 1.54) is 29.5 Å². The number of fused-ring (bicyclic) bond motifs is 1. The lowest BCUT2D eigenvalue weighted by Gasteiger charge is -2.10. The van der Waals surface area contributed by atoms with E-state index in [-0.39, 0.29) is 22.2 Å². The number of nitrogens with one attached hydrogen (secondary N) is 2. The average molecular weight is 509 g/mol. The second-order valence-corrected chi connectivity index (χ2v) is 10.3. The van der Waals surface area contributed by atoms with Crippen molar-refractivity contribution in [1.82, 2.24) is 0 Å². The highest BCUT2D eigenvalue weighted by atomic mass is 35.5. The van der Waals surface area contributed by atoms with E-state index in [9.17, 15) is 22.0 Å². The third-order valence-corrected chi connectivity index (χ3v) is 6.23. The molecule has 1 heterocycles. The number of hydrogen-bond donors (Lipinski definition) is 2. The van der Waals surface area contributed by atoms with Gasteiger partial charge < -0.3 is 10.1 Å². The van der Waals surface area contributed by atoms with Crippen LogP contribution >= 0.6 is 22.9 Å². The largest absolute Gasteiger partial charge is 0.454 e. The number of carbonyl (C=O) groups is 1.